The van der Waals surface area contributed by atoms with E-state index >= 15 is 0 Å². The minimum atomic E-state index is -1.45. The van der Waals surface area contributed by atoms with Gasteiger partial charge in [0.1, 0.15) is 24.4 Å². The maximum absolute atomic E-state index is 10.1. The largest absolute Gasteiger partial charge is 0.394 e. The number of hydrogen-bond acceptors (Lipinski definition) is 6. The Morgan fingerprint density at radius 3 is 1.67 bits per heavy atom. The summed E-state index contributed by atoms with van der Waals surface area (Å²) in [5.74, 6) is 0. The zero-order valence-corrected chi connectivity index (χ0v) is 26.4. The molecule has 0 aromatic carbocycles. The van der Waals surface area contributed by atoms with Crippen LogP contribution in [0.15, 0.2) is 119 Å². The van der Waals surface area contributed by atoms with E-state index in [1.807, 2.05) is 56.4 Å². The van der Waals surface area contributed by atoms with Crippen molar-refractivity contribution in [3.05, 3.63) is 119 Å². The van der Waals surface area contributed by atoms with Gasteiger partial charge in [-0.25, -0.2) is 0 Å². The Balaban J connectivity index is 2.51. The molecule has 232 valence electrons. The predicted octanol–water partition coefficient (Wildman–Crippen LogP) is 6.51. The van der Waals surface area contributed by atoms with Crippen molar-refractivity contribution in [3.8, 4) is 0 Å². The van der Waals surface area contributed by atoms with Gasteiger partial charge in [-0.2, -0.15) is 0 Å². The summed E-state index contributed by atoms with van der Waals surface area (Å²) in [5.41, 5.74) is 7.02. The Kier molecular flexibility index (Phi) is 18.5. The molecule has 0 amide bonds. The van der Waals surface area contributed by atoms with Crippen molar-refractivity contribution < 1.29 is 29.9 Å². The van der Waals surface area contributed by atoms with E-state index in [1.54, 1.807) is 0 Å². The van der Waals surface area contributed by atoms with E-state index in [0.717, 1.165) is 29.6 Å². The van der Waals surface area contributed by atoms with Crippen molar-refractivity contribution >= 4 is 0 Å². The van der Waals surface area contributed by atoms with Crippen LogP contribution in [-0.4, -0.2) is 64.3 Å². The fraction of sp³-hybridized carbons (Fsp3) is 0.444. The normalized spacial score (nSPS) is 25.5. The summed E-state index contributed by atoms with van der Waals surface area (Å²) in [7, 11) is 0. The Morgan fingerprint density at radius 2 is 1.14 bits per heavy atom. The van der Waals surface area contributed by atoms with Crippen molar-refractivity contribution in [2.75, 3.05) is 13.2 Å². The van der Waals surface area contributed by atoms with E-state index in [0.29, 0.717) is 0 Å². The summed E-state index contributed by atoms with van der Waals surface area (Å²) in [4.78, 5) is 0. The molecule has 1 heterocycles. The van der Waals surface area contributed by atoms with Crippen molar-refractivity contribution in [3.63, 3.8) is 0 Å². The third kappa shape index (κ3) is 16.0. The van der Waals surface area contributed by atoms with Crippen LogP contribution < -0.4 is 0 Å². The van der Waals surface area contributed by atoms with Crippen molar-refractivity contribution in [2.24, 2.45) is 0 Å². The second kappa shape index (κ2) is 20.9. The molecule has 0 aromatic rings. The first-order chi connectivity index (χ1) is 19.9. The van der Waals surface area contributed by atoms with Crippen molar-refractivity contribution in [1.29, 1.82) is 0 Å². The monoisotopic (exact) mass is 580 g/mol. The Labute approximate surface area is 253 Å². The number of allylic oxidation sites excluding steroid dienone is 19. The van der Waals surface area contributed by atoms with Gasteiger partial charge >= 0.3 is 0 Å². The third-order valence-corrected chi connectivity index (χ3v) is 6.44. The molecular formula is C36H52O6. The highest BCUT2D eigenvalue weighted by Gasteiger charge is 2.43. The smallest absolute Gasteiger partial charge is 0.187 e. The van der Waals surface area contributed by atoms with E-state index in [9.17, 15) is 20.4 Å². The SMILES string of the molecule is CC(C)=CCC/C(C)=C/C=C/C(C)=C/C=C/C=C(C)/C=C/C=C(C)/C=C/C=C(/C)CO[C@@H]1O[C@H](CO)[C@@H](O)[C@H](O)[C@H]1O. The van der Waals surface area contributed by atoms with Gasteiger partial charge in [0.25, 0.3) is 0 Å². The Hall–Kier alpha value is -2.84. The van der Waals surface area contributed by atoms with Crippen LogP contribution in [0.2, 0.25) is 0 Å². The molecule has 6 nitrogen and oxygen atoms in total. The first-order valence-corrected chi connectivity index (χ1v) is 14.5. The van der Waals surface area contributed by atoms with Gasteiger partial charge in [-0.05, 0) is 66.9 Å². The van der Waals surface area contributed by atoms with E-state index in [-0.39, 0.29) is 6.61 Å². The molecule has 0 spiro atoms. The number of rotatable bonds is 15. The topological polar surface area (TPSA) is 99.4 Å². The number of hydrogen-bond donors (Lipinski definition) is 4. The van der Waals surface area contributed by atoms with Crippen LogP contribution in [0.1, 0.15) is 61.3 Å². The summed E-state index contributed by atoms with van der Waals surface area (Å²) >= 11 is 0. The van der Waals surface area contributed by atoms with Crippen LogP contribution in [0.4, 0.5) is 0 Å². The molecule has 4 N–H and O–H groups in total. The van der Waals surface area contributed by atoms with Crippen LogP contribution in [-0.2, 0) is 9.47 Å². The minimum Gasteiger partial charge on any atom is -0.394 e. The van der Waals surface area contributed by atoms with Crippen LogP contribution in [0, 0.1) is 0 Å². The minimum absolute atomic E-state index is 0.159. The van der Waals surface area contributed by atoms with Gasteiger partial charge in [0.15, 0.2) is 6.29 Å². The maximum Gasteiger partial charge on any atom is 0.187 e. The fourth-order valence-electron chi connectivity index (χ4n) is 3.80. The van der Waals surface area contributed by atoms with Crippen LogP contribution in [0.3, 0.4) is 0 Å². The molecule has 0 aromatic heterocycles. The molecule has 6 heteroatoms. The highest BCUT2D eigenvalue weighted by atomic mass is 16.7. The van der Waals surface area contributed by atoms with Crippen LogP contribution in [0.5, 0.6) is 0 Å². The molecule has 1 fully saturated rings. The molecule has 0 unspecified atom stereocenters. The van der Waals surface area contributed by atoms with Gasteiger partial charge in [0.05, 0.1) is 13.2 Å². The zero-order valence-electron chi connectivity index (χ0n) is 26.4. The van der Waals surface area contributed by atoms with E-state index in [4.69, 9.17) is 9.47 Å². The van der Waals surface area contributed by atoms with Crippen LogP contribution >= 0.6 is 0 Å². The molecule has 1 aliphatic heterocycles. The van der Waals surface area contributed by atoms with Gasteiger partial charge in [0, 0.05) is 0 Å². The van der Waals surface area contributed by atoms with Crippen LogP contribution in [0.25, 0.3) is 0 Å². The molecule has 0 saturated carbocycles. The van der Waals surface area contributed by atoms with Gasteiger partial charge in [-0.3, -0.25) is 0 Å². The van der Waals surface area contributed by atoms with E-state index < -0.39 is 37.3 Å². The number of aliphatic hydroxyl groups excluding tert-OH is 4. The second-order valence-electron chi connectivity index (χ2n) is 11.0. The summed E-state index contributed by atoms with van der Waals surface area (Å²) in [5, 5.41) is 39.0. The van der Waals surface area contributed by atoms with Gasteiger partial charge < -0.3 is 29.9 Å². The summed E-state index contributed by atoms with van der Waals surface area (Å²) in [6, 6.07) is 0. The molecule has 0 bridgehead atoms. The average Bonchev–Trinajstić information content (AvgIpc) is 2.93. The molecular weight excluding hydrogens is 528 g/mol. The predicted molar refractivity (Wildman–Crippen MR) is 174 cm³/mol. The zero-order chi connectivity index (χ0) is 31.5. The highest BCUT2D eigenvalue weighted by Crippen LogP contribution is 2.22. The first-order valence-electron chi connectivity index (χ1n) is 14.5. The van der Waals surface area contributed by atoms with Gasteiger partial charge in [-0.1, -0.05) is 113 Å². The third-order valence-electron chi connectivity index (χ3n) is 6.44. The molecule has 0 radical (unpaired) electrons. The van der Waals surface area contributed by atoms with Gasteiger partial charge in [-0.15, -0.1) is 0 Å². The summed E-state index contributed by atoms with van der Waals surface area (Å²) in [6.45, 7) is 14.1. The number of ether oxygens (including phenoxy) is 2. The standard InChI is InChI=1S/C36H52O6/c1-26(2)14-10-17-29(5)20-11-18-27(3)15-8-9-16-28(4)19-12-21-30(6)22-13-23-31(7)25-41-36-35(40)34(39)33(38)32(24-37)42-36/h8-9,11-16,18-23,32-40H,10,17,24-25H2,1-7H3/b9-8+,18-11+,19-12+,22-13+,27-15+,28-16+,29-20+,30-21+,31-23-/t32-,33-,34+,35-,36-/m1/s1. The Bertz CT molecular complexity index is 1120. The average molecular weight is 581 g/mol. The highest BCUT2D eigenvalue weighted by molar-refractivity contribution is 5.31. The molecule has 1 saturated heterocycles. The molecule has 1 aliphatic rings. The lowest BCUT2D eigenvalue weighted by Crippen LogP contribution is -2.59. The molecule has 1 rings (SSSR count). The quantitative estimate of drug-likeness (QED) is 0.130. The Morgan fingerprint density at radius 1 is 0.643 bits per heavy atom. The fourth-order valence-corrected chi connectivity index (χ4v) is 3.80. The first kappa shape index (κ1) is 37.2. The lowest BCUT2D eigenvalue weighted by Gasteiger charge is -2.39. The second-order valence-corrected chi connectivity index (χ2v) is 11.0. The summed E-state index contributed by atoms with van der Waals surface area (Å²) < 4.78 is 10.9. The van der Waals surface area contributed by atoms with E-state index in [1.165, 1.54) is 16.7 Å². The lowest BCUT2D eigenvalue weighted by atomic mass is 9.99. The summed E-state index contributed by atoms with van der Waals surface area (Å²) in [6.07, 6.45) is 24.6. The van der Waals surface area contributed by atoms with Crippen molar-refractivity contribution in [1.82, 2.24) is 0 Å². The molecule has 5 atom stereocenters. The molecule has 42 heavy (non-hydrogen) atoms. The number of aliphatic hydroxyl groups is 4. The lowest BCUT2D eigenvalue weighted by molar-refractivity contribution is -0.299. The van der Waals surface area contributed by atoms with E-state index in [2.05, 4.69) is 77.2 Å². The van der Waals surface area contributed by atoms with Crippen molar-refractivity contribution in [2.45, 2.75) is 92.0 Å². The maximum atomic E-state index is 10.1. The molecule has 0 aliphatic carbocycles. The van der Waals surface area contributed by atoms with Gasteiger partial charge in [0.2, 0.25) is 0 Å².